The van der Waals surface area contributed by atoms with Gasteiger partial charge >= 0.3 is 0 Å². The fourth-order valence-corrected chi connectivity index (χ4v) is 3.28. The molecule has 7 nitrogen and oxygen atoms in total. The molecule has 0 radical (unpaired) electrons. The van der Waals surface area contributed by atoms with Crippen LogP contribution in [0.5, 0.6) is 0 Å². The van der Waals surface area contributed by atoms with Crippen LogP contribution in [0.2, 0.25) is 0 Å². The molecule has 26 heavy (non-hydrogen) atoms. The van der Waals surface area contributed by atoms with Gasteiger partial charge in [-0.15, -0.1) is 0 Å². The van der Waals surface area contributed by atoms with E-state index in [-0.39, 0.29) is 17.9 Å². The number of aryl methyl sites for hydroxylation is 2. The lowest BCUT2D eigenvalue weighted by atomic mass is 10.1. The lowest BCUT2D eigenvalue weighted by molar-refractivity contribution is -0.132. The van der Waals surface area contributed by atoms with Crippen LogP contribution < -0.4 is 5.32 Å². The third-order valence-corrected chi connectivity index (χ3v) is 4.63. The highest BCUT2D eigenvalue weighted by Crippen LogP contribution is 2.31. The van der Waals surface area contributed by atoms with Crippen LogP contribution in [0, 0.1) is 6.92 Å². The van der Waals surface area contributed by atoms with E-state index in [1.807, 2.05) is 40.9 Å². The molecule has 0 aromatic carbocycles. The van der Waals surface area contributed by atoms with Crippen molar-refractivity contribution in [2.45, 2.75) is 52.2 Å². The second kappa shape index (κ2) is 8.12. The van der Waals surface area contributed by atoms with Crippen LogP contribution >= 0.6 is 0 Å². The maximum Gasteiger partial charge on any atom is 0.224 e. The highest BCUT2D eigenvalue weighted by Gasteiger charge is 2.30. The first kappa shape index (κ1) is 18.1. The van der Waals surface area contributed by atoms with E-state index in [0.717, 1.165) is 36.3 Å². The van der Waals surface area contributed by atoms with Gasteiger partial charge in [-0.3, -0.25) is 19.3 Å². The summed E-state index contributed by atoms with van der Waals surface area (Å²) in [5.74, 6) is 0.0822. The standard InChI is InChI=1S/C19H25N5O2/c1-14-7-10-23(22-14)11-8-19(26)24-9-3-4-18(24)17-6-5-16(13-21-17)12-20-15(2)25/h5-7,10,13,18H,3-4,8-9,11-12H2,1-2H3,(H,20,25)/t18-/m0/s1. The van der Waals surface area contributed by atoms with Crippen molar-refractivity contribution in [1.29, 1.82) is 0 Å². The zero-order chi connectivity index (χ0) is 18.5. The second-order valence-corrected chi connectivity index (χ2v) is 6.72. The number of nitrogens with one attached hydrogen (secondary N) is 1. The van der Waals surface area contributed by atoms with Crippen LogP contribution in [0.4, 0.5) is 0 Å². The van der Waals surface area contributed by atoms with Crippen LogP contribution in [0.15, 0.2) is 30.6 Å². The predicted octanol–water partition coefficient (Wildman–Crippen LogP) is 1.98. The minimum Gasteiger partial charge on any atom is -0.352 e. The minimum atomic E-state index is -0.0611. The third-order valence-electron chi connectivity index (χ3n) is 4.63. The maximum absolute atomic E-state index is 12.7. The van der Waals surface area contributed by atoms with Crippen molar-refractivity contribution < 1.29 is 9.59 Å². The molecule has 138 valence electrons. The van der Waals surface area contributed by atoms with Gasteiger partial charge in [-0.05, 0) is 37.5 Å². The van der Waals surface area contributed by atoms with Crippen molar-refractivity contribution >= 4 is 11.8 Å². The van der Waals surface area contributed by atoms with E-state index in [9.17, 15) is 9.59 Å². The Morgan fingerprint density at radius 1 is 1.31 bits per heavy atom. The third kappa shape index (κ3) is 4.47. The van der Waals surface area contributed by atoms with E-state index in [1.54, 1.807) is 6.20 Å². The molecule has 0 saturated carbocycles. The lowest BCUT2D eigenvalue weighted by Gasteiger charge is -2.24. The number of hydrogen-bond acceptors (Lipinski definition) is 4. The summed E-state index contributed by atoms with van der Waals surface area (Å²) in [5.41, 5.74) is 2.83. The summed E-state index contributed by atoms with van der Waals surface area (Å²) in [6, 6.07) is 5.91. The quantitative estimate of drug-likeness (QED) is 0.859. The minimum absolute atomic E-state index is 0.0386. The van der Waals surface area contributed by atoms with Crippen LogP contribution in [0.25, 0.3) is 0 Å². The van der Waals surface area contributed by atoms with Crippen molar-refractivity contribution in [2.24, 2.45) is 0 Å². The second-order valence-electron chi connectivity index (χ2n) is 6.72. The summed E-state index contributed by atoms with van der Waals surface area (Å²) in [7, 11) is 0. The maximum atomic E-state index is 12.7. The number of aromatic nitrogens is 3. The van der Waals surface area contributed by atoms with Crippen molar-refractivity contribution in [3.05, 3.63) is 47.5 Å². The van der Waals surface area contributed by atoms with E-state index in [4.69, 9.17) is 0 Å². The predicted molar refractivity (Wildman–Crippen MR) is 97.0 cm³/mol. The zero-order valence-electron chi connectivity index (χ0n) is 15.3. The van der Waals surface area contributed by atoms with Gasteiger partial charge in [0.1, 0.15) is 0 Å². The number of carbonyl (C=O) groups excluding carboxylic acids is 2. The normalized spacial score (nSPS) is 16.7. The van der Waals surface area contributed by atoms with E-state index in [1.165, 1.54) is 6.92 Å². The number of nitrogens with zero attached hydrogens (tertiary/aromatic N) is 4. The average molecular weight is 355 g/mol. The number of likely N-dealkylation sites (tertiary alicyclic amines) is 1. The van der Waals surface area contributed by atoms with Crippen molar-refractivity contribution in [1.82, 2.24) is 25.0 Å². The number of rotatable bonds is 6. The molecular formula is C19H25N5O2. The topological polar surface area (TPSA) is 80.1 Å². The molecular weight excluding hydrogens is 330 g/mol. The first-order valence-electron chi connectivity index (χ1n) is 9.02. The summed E-state index contributed by atoms with van der Waals surface area (Å²) in [6.45, 7) is 5.28. The number of pyridine rings is 1. The molecule has 3 heterocycles. The molecule has 0 bridgehead atoms. The van der Waals surface area contributed by atoms with Crippen LogP contribution in [0.3, 0.4) is 0 Å². The van der Waals surface area contributed by atoms with Crippen molar-refractivity contribution in [3.63, 3.8) is 0 Å². The van der Waals surface area contributed by atoms with Gasteiger partial charge in [0.2, 0.25) is 11.8 Å². The van der Waals surface area contributed by atoms with Gasteiger partial charge in [-0.1, -0.05) is 6.07 Å². The van der Waals surface area contributed by atoms with Crippen LogP contribution in [-0.2, 0) is 22.7 Å². The molecule has 1 saturated heterocycles. The Morgan fingerprint density at radius 3 is 2.81 bits per heavy atom. The molecule has 1 N–H and O–H groups in total. The summed E-state index contributed by atoms with van der Waals surface area (Å²) < 4.78 is 1.81. The molecule has 2 aromatic heterocycles. The zero-order valence-corrected chi connectivity index (χ0v) is 15.3. The van der Waals surface area contributed by atoms with Gasteiger partial charge in [0.05, 0.1) is 17.4 Å². The Morgan fingerprint density at radius 2 is 2.15 bits per heavy atom. The molecule has 2 amide bonds. The van der Waals surface area contributed by atoms with Gasteiger partial charge in [0.15, 0.2) is 0 Å². The molecule has 7 heteroatoms. The van der Waals surface area contributed by atoms with Crippen molar-refractivity contribution in [3.8, 4) is 0 Å². The Kier molecular flexibility index (Phi) is 5.65. The number of carbonyl (C=O) groups is 2. The Bertz CT molecular complexity index is 768. The molecule has 0 aliphatic carbocycles. The van der Waals surface area contributed by atoms with E-state index < -0.39 is 0 Å². The van der Waals surface area contributed by atoms with E-state index in [0.29, 0.717) is 19.5 Å². The largest absolute Gasteiger partial charge is 0.352 e. The Balaban J connectivity index is 1.60. The Labute approximate surface area is 153 Å². The molecule has 1 aliphatic heterocycles. The van der Waals surface area contributed by atoms with Gasteiger partial charge in [0.25, 0.3) is 0 Å². The van der Waals surface area contributed by atoms with Crippen LogP contribution in [-0.4, -0.2) is 38.0 Å². The molecule has 3 rings (SSSR count). The summed E-state index contributed by atoms with van der Waals surface area (Å²) in [4.78, 5) is 30.1. The smallest absolute Gasteiger partial charge is 0.224 e. The Hall–Kier alpha value is -2.70. The monoisotopic (exact) mass is 355 g/mol. The summed E-state index contributed by atoms with van der Waals surface area (Å²) >= 11 is 0. The first-order valence-corrected chi connectivity index (χ1v) is 9.02. The lowest BCUT2D eigenvalue weighted by Crippen LogP contribution is -2.31. The molecule has 0 spiro atoms. The average Bonchev–Trinajstić information content (AvgIpc) is 3.27. The molecule has 1 aliphatic rings. The highest BCUT2D eigenvalue weighted by molar-refractivity contribution is 5.77. The molecule has 0 unspecified atom stereocenters. The summed E-state index contributed by atoms with van der Waals surface area (Å²) in [6.07, 6.45) is 6.05. The first-order chi connectivity index (χ1) is 12.5. The van der Waals surface area contributed by atoms with E-state index in [2.05, 4.69) is 15.4 Å². The number of hydrogen-bond donors (Lipinski definition) is 1. The van der Waals surface area contributed by atoms with Gasteiger partial charge in [-0.25, -0.2) is 0 Å². The SMILES string of the molecule is CC(=O)NCc1ccc([C@@H]2CCCN2C(=O)CCn2ccc(C)n2)nc1. The van der Waals surface area contributed by atoms with E-state index >= 15 is 0 Å². The molecule has 1 atom stereocenters. The number of amides is 2. The van der Waals surface area contributed by atoms with Gasteiger partial charge in [-0.2, -0.15) is 5.10 Å². The van der Waals surface area contributed by atoms with Gasteiger partial charge in [0, 0.05) is 45.4 Å². The van der Waals surface area contributed by atoms with Gasteiger partial charge < -0.3 is 10.2 Å². The van der Waals surface area contributed by atoms with Crippen molar-refractivity contribution in [2.75, 3.05) is 6.54 Å². The highest BCUT2D eigenvalue weighted by atomic mass is 16.2. The molecule has 1 fully saturated rings. The molecule has 2 aromatic rings. The summed E-state index contributed by atoms with van der Waals surface area (Å²) in [5, 5.41) is 7.09. The van der Waals surface area contributed by atoms with Crippen LogP contribution in [0.1, 0.15) is 49.2 Å². The fraction of sp³-hybridized carbons (Fsp3) is 0.474. The fourth-order valence-electron chi connectivity index (χ4n) is 3.28.